The summed E-state index contributed by atoms with van der Waals surface area (Å²) in [5, 5.41) is 0. The molecule has 0 fully saturated rings. The van der Waals surface area contributed by atoms with E-state index in [1.807, 2.05) is 0 Å². The molecule has 0 saturated carbocycles. The summed E-state index contributed by atoms with van der Waals surface area (Å²) in [6, 6.07) is 0. The molecule has 1 rings (SSSR count). The summed E-state index contributed by atoms with van der Waals surface area (Å²) in [6.45, 7) is 0. The van der Waals surface area contributed by atoms with Crippen LogP contribution in [0.25, 0.3) is 0 Å². The fraction of sp³-hybridized carbons (Fsp3) is 0. The monoisotopic (exact) mass is 317 g/mol. The van der Waals surface area contributed by atoms with Crippen LogP contribution in [0.4, 0.5) is 23.2 Å². The maximum Gasteiger partial charge on any atom is 0.240 e. The first-order chi connectivity index (χ1) is 6.50. The topological polar surface area (TPSA) is 29.4 Å². The first kappa shape index (κ1) is 11.1. The molecule has 0 radical (unpaired) electrons. The van der Waals surface area contributed by atoms with Crippen LogP contribution in [0.3, 0.4) is 0 Å². The Morgan fingerprint density at radius 1 is 1.00 bits per heavy atom. The maximum absolute atomic E-state index is 12.8. The largest absolute Gasteiger partial charge is 0.240 e. The number of halogens is 5. The van der Waals surface area contributed by atoms with Crippen molar-refractivity contribution in [1.82, 2.24) is 0 Å². The van der Waals surface area contributed by atoms with E-state index in [0.29, 0.717) is 0 Å². The van der Waals surface area contributed by atoms with Gasteiger partial charge in [-0.15, -0.1) is 0 Å². The summed E-state index contributed by atoms with van der Waals surface area (Å²) >= 11 is 1.10. The molecule has 0 N–H and O–H groups in total. The molecule has 0 saturated heterocycles. The van der Waals surface area contributed by atoms with Gasteiger partial charge in [-0.05, 0) is 22.6 Å². The Hall–Kier alpha value is -0.950. The van der Waals surface area contributed by atoms with Crippen LogP contribution in [-0.4, -0.2) is 6.08 Å². The number of aliphatic imine (C=N–C) groups is 1. The van der Waals surface area contributed by atoms with Gasteiger partial charge < -0.3 is 0 Å². The van der Waals surface area contributed by atoms with E-state index in [2.05, 4.69) is 4.99 Å². The smallest absolute Gasteiger partial charge is 0.211 e. The molecular weight excluding hydrogens is 317 g/mol. The molecular formula is C7F4INO. The quantitative estimate of drug-likeness (QED) is 0.196. The Labute approximate surface area is 88.8 Å². The summed E-state index contributed by atoms with van der Waals surface area (Å²) < 4.78 is 50.4. The molecule has 0 aliphatic rings. The molecule has 0 bridgehead atoms. The zero-order valence-electron chi connectivity index (χ0n) is 6.25. The minimum Gasteiger partial charge on any atom is -0.211 e. The van der Waals surface area contributed by atoms with Crippen molar-refractivity contribution < 1.29 is 22.4 Å². The van der Waals surface area contributed by atoms with E-state index >= 15 is 0 Å². The summed E-state index contributed by atoms with van der Waals surface area (Å²) in [4.78, 5) is 12.2. The van der Waals surface area contributed by atoms with Crippen molar-refractivity contribution in [3.8, 4) is 0 Å². The summed E-state index contributed by atoms with van der Waals surface area (Å²) in [7, 11) is 0. The van der Waals surface area contributed by atoms with Gasteiger partial charge in [0.1, 0.15) is 0 Å². The molecule has 1 aromatic rings. The first-order valence-corrected chi connectivity index (χ1v) is 4.17. The first-order valence-electron chi connectivity index (χ1n) is 3.10. The number of rotatable bonds is 1. The summed E-state index contributed by atoms with van der Waals surface area (Å²) in [5.74, 6) is -6.59. The van der Waals surface area contributed by atoms with Crippen LogP contribution in [0.15, 0.2) is 4.99 Å². The number of nitrogens with zero attached hydrogens (tertiary/aromatic N) is 1. The van der Waals surface area contributed by atoms with E-state index in [4.69, 9.17) is 0 Å². The second-order valence-electron chi connectivity index (χ2n) is 2.12. The molecule has 0 heterocycles. The van der Waals surface area contributed by atoms with Gasteiger partial charge in [-0.25, -0.2) is 22.4 Å². The van der Waals surface area contributed by atoms with Crippen LogP contribution >= 0.6 is 22.6 Å². The minimum absolute atomic E-state index is 0.799. The van der Waals surface area contributed by atoms with Gasteiger partial charge in [0.2, 0.25) is 6.08 Å². The standard InChI is InChI=1S/C7F4INO/c8-2-4(10)7(13-1-14)5(11)3(9)6(2)12. The highest BCUT2D eigenvalue weighted by Crippen LogP contribution is 2.30. The predicted molar refractivity (Wildman–Crippen MR) is 46.8 cm³/mol. The lowest BCUT2D eigenvalue weighted by molar-refractivity contribution is 0.449. The van der Waals surface area contributed by atoms with Gasteiger partial charge in [0, 0.05) is 0 Å². The van der Waals surface area contributed by atoms with Crippen LogP contribution in [0.5, 0.6) is 0 Å². The lowest BCUT2D eigenvalue weighted by Crippen LogP contribution is -1.99. The van der Waals surface area contributed by atoms with Gasteiger partial charge >= 0.3 is 0 Å². The van der Waals surface area contributed by atoms with Gasteiger partial charge in [0.05, 0.1) is 3.57 Å². The van der Waals surface area contributed by atoms with Gasteiger partial charge in [-0.1, -0.05) is 0 Å². The average Bonchev–Trinajstić information content (AvgIpc) is 2.19. The van der Waals surface area contributed by atoms with Crippen molar-refractivity contribution in [2.24, 2.45) is 4.99 Å². The van der Waals surface area contributed by atoms with Crippen molar-refractivity contribution >= 4 is 34.4 Å². The fourth-order valence-electron chi connectivity index (χ4n) is 0.737. The Kier molecular flexibility index (Phi) is 3.22. The van der Waals surface area contributed by atoms with Crippen molar-refractivity contribution in [3.05, 3.63) is 26.8 Å². The zero-order valence-corrected chi connectivity index (χ0v) is 8.40. The van der Waals surface area contributed by atoms with E-state index in [1.165, 1.54) is 0 Å². The number of benzene rings is 1. The molecule has 14 heavy (non-hydrogen) atoms. The van der Waals surface area contributed by atoms with Gasteiger partial charge in [0.25, 0.3) is 0 Å². The molecule has 1 aromatic carbocycles. The molecule has 74 valence electrons. The van der Waals surface area contributed by atoms with E-state index in [0.717, 1.165) is 28.7 Å². The van der Waals surface area contributed by atoms with E-state index in [9.17, 15) is 22.4 Å². The Morgan fingerprint density at radius 2 is 1.43 bits per heavy atom. The highest BCUT2D eigenvalue weighted by atomic mass is 127. The Balaban J connectivity index is 3.67. The lowest BCUT2D eigenvalue weighted by atomic mass is 10.2. The van der Waals surface area contributed by atoms with Crippen LogP contribution in [0.1, 0.15) is 0 Å². The molecule has 0 aliphatic carbocycles. The average molecular weight is 317 g/mol. The van der Waals surface area contributed by atoms with Crippen molar-refractivity contribution in [3.63, 3.8) is 0 Å². The summed E-state index contributed by atoms with van der Waals surface area (Å²) in [6.07, 6.45) is 0.799. The molecule has 0 aromatic heterocycles. The third kappa shape index (κ3) is 1.64. The third-order valence-electron chi connectivity index (χ3n) is 1.34. The highest BCUT2D eigenvalue weighted by Gasteiger charge is 2.23. The Morgan fingerprint density at radius 3 is 1.79 bits per heavy atom. The van der Waals surface area contributed by atoms with Gasteiger partial charge in [-0.3, -0.25) is 0 Å². The number of isocyanates is 1. The Bertz CT molecular complexity index is 413. The van der Waals surface area contributed by atoms with E-state index in [1.54, 1.807) is 0 Å². The molecule has 0 spiro atoms. The van der Waals surface area contributed by atoms with E-state index in [-0.39, 0.29) is 0 Å². The second kappa shape index (κ2) is 4.05. The van der Waals surface area contributed by atoms with Crippen LogP contribution in [-0.2, 0) is 4.79 Å². The third-order valence-corrected chi connectivity index (χ3v) is 2.29. The fourth-order valence-corrected chi connectivity index (χ4v) is 1.21. The van der Waals surface area contributed by atoms with Crippen molar-refractivity contribution in [2.75, 3.05) is 0 Å². The summed E-state index contributed by atoms with van der Waals surface area (Å²) in [5.41, 5.74) is -1.31. The lowest BCUT2D eigenvalue weighted by Gasteiger charge is -2.02. The maximum atomic E-state index is 12.8. The zero-order chi connectivity index (χ0) is 10.9. The van der Waals surface area contributed by atoms with E-state index < -0.39 is 32.5 Å². The molecule has 7 heteroatoms. The van der Waals surface area contributed by atoms with Crippen molar-refractivity contribution in [2.45, 2.75) is 0 Å². The predicted octanol–water partition coefficient (Wildman–Crippen LogP) is 2.81. The van der Waals surface area contributed by atoms with Crippen LogP contribution in [0, 0.1) is 26.8 Å². The SMILES string of the molecule is O=C=Nc1c(F)c(F)c(I)c(F)c1F. The second-order valence-corrected chi connectivity index (χ2v) is 3.20. The molecule has 0 aliphatic heterocycles. The number of hydrogen-bond acceptors (Lipinski definition) is 2. The molecule has 0 atom stereocenters. The number of carbonyl (C=O) groups excluding carboxylic acids is 1. The van der Waals surface area contributed by atoms with Gasteiger partial charge in [-0.2, -0.15) is 4.99 Å². The minimum atomic E-state index is -1.71. The van der Waals surface area contributed by atoms with Crippen LogP contribution < -0.4 is 0 Å². The van der Waals surface area contributed by atoms with Crippen molar-refractivity contribution in [1.29, 1.82) is 0 Å². The molecule has 0 amide bonds. The van der Waals surface area contributed by atoms with Crippen LogP contribution in [0.2, 0.25) is 0 Å². The normalized spacial score (nSPS) is 9.79. The highest BCUT2D eigenvalue weighted by molar-refractivity contribution is 14.1. The molecule has 2 nitrogen and oxygen atoms in total. The van der Waals surface area contributed by atoms with Gasteiger partial charge in [0.15, 0.2) is 29.0 Å². The number of hydrogen-bond donors (Lipinski definition) is 0. The molecule has 0 unspecified atom stereocenters.